The number of carbonyl (C=O) groups is 3. The van der Waals surface area contributed by atoms with Crippen molar-refractivity contribution in [2.24, 2.45) is 5.92 Å². The van der Waals surface area contributed by atoms with Gasteiger partial charge in [-0.25, -0.2) is 9.78 Å². The van der Waals surface area contributed by atoms with Crippen LogP contribution in [0.5, 0.6) is 0 Å². The Bertz CT molecular complexity index is 864. The molecule has 2 amide bonds. The highest BCUT2D eigenvalue weighted by molar-refractivity contribution is 6.03. The van der Waals surface area contributed by atoms with Crippen molar-refractivity contribution in [1.29, 1.82) is 0 Å². The second-order valence-corrected chi connectivity index (χ2v) is 6.33. The van der Waals surface area contributed by atoms with E-state index in [1.54, 1.807) is 48.4 Å². The molecule has 7 nitrogen and oxygen atoms in total. The highest BCUT2D eigenvalue weighted by atomic mass is 16.5. The Morgan fingerprint density at radius 2 is 2.00 bits per heavy atom. The molecule has 3 rings (SSSR count). The molecule has 1 fully saturated rings. The SMILES string of the molecule is CCOC(=O)c1ccc(N2C[C@@H](C(=O)Nc3ncccc3C)CC2=O)cc1. The van der Waals surface area contributed by atoms with Gasteiger partial charge in [-0.3, -0.25) is 9.59 Å². The summed E-state index contributed by atoms with van der Waals surface area (Å²) >= 11 is 0. The smallest absolute Gasteiger partial charge is 0.338 e. The van der Waals surface area contributed by atoms with Gasteiger partial charge in [-0.05, 0) is 49.7 Å². The topological polar surface area (TPSA) is 88.6 Å². The number of pyridine rings is 1. The summed E-state index contributed by atoms with van der Waals surface area (Å²) in [4.78, 5) is 42.3. The van der Waals surface area contributed by atoms with Crippen LogP contribution in [0.2, 0.25) is 0 Å². The number of aryl methyl sites for hydroxylation is 1. The van der Waals surface area contributed by atoms with E-state index in [2.05, 4.69) is 10.3 Å². The van der Waals surface area contributed by atoms with Crippen molar-refractivity contribution in [3.05, 3.63) is 53.7 Å². The van der Waals surface area contributed by atoms with Gasteiger partial charge in [-0.2, -0.15) is 0 Å². The third-order valence-electron chi connectivity index (χ3n) is 4.44. The Balaban J connectivity index is 1.67. The van der Waals surface area contributed by atoms with Crippen LogP contribution in [0, 0.1) is 12.8 Å². The molecule has 0 unspecified atom stereocenters. The number of hydrogen-bond acceptors (Lipinski definition) is 5. The van der Waals surface area contributed by atoms with Crippen molar-refractivity contribution in [2.75, 3.05) is 23.4 Å². The first kappa shape index (κ1) is 18.6. The van der Waals surface area contributed by atoms with Crippen molar-refractivity contribution in [3.8, 4) is 0 Å². The van der Waals surface area contributed by atoms with Crippen molar-refractivity contribution in [3.63, 3.8) is 0 Å². The third kappa shape index (κ3) is 4.13. The highest BCUT2D eigenvalue weighted by Crippen LogP contribution is 2.26. The van der Waals surface area contributed by atoms with Gasteiger partial charge in [0.25, 0.3) is 0 Å². The van der Waals surface area contributed by atoms with Gasteiger partial charge < -0.3 is 15.0 Å². The lowest BCUT2D eigenvalue weighted by molar-refractivity contribution is -0.122. The summed E-state index contributed by atoms with van der Waals surface area (Å²) < 4.78 is 4.95. The number of anilines is 2. The molecule has 1 saturated heterocycles. The molecule has 1 N–H and O–H groups in total. The molecule has 1 aromatic heterocycles. The van der Waals surface area contributed by atoms with E-state index in [-0.39, 0.29) is 24.8 Å². The van der Waals surface area contributed by atoms with Gasteiger partial charge in [-0.1, -0.05) is 6.07 Å². The first-order valence-electron chi connectivity index (χ1n) is 8.79. The lowest BCUT2D eigenvalue weighted by Gasteiger charge is -2.17. The van der Waals surface area contributed by atoms with Crippen LogP contribution in [0.3, 0.4) is 0 Å². The molecular formula is C20H21N3O4. The standard InChI is InChI=1S/C20H21N3O4/c1-3-27-20(26)14-6-8-16(9-7-14)23-12-15(11-17(23)24)19(25)22-18-13(2)5-4-10-21-18/h4-10,15H,3,11-12H2,1-2H3,(H,21,22,25)/t15-/m0/s1. The fourth-order valence-electron chi connectivity index (χ4n) is 2.96. The predicted octanol–water partition coefficient (Wildman–Crippen LogP) is 2.56. The zero-order chi connectivity index (χ0) is 19.4. The largest absolute Gasteiger partial charge is 0.462 e. The second kappa shape index (κ2) is 7.99. The molecule has 0 saturated carbocycles. The Morgan fingerprint density at radius 3 is 2.67 bits per heavy atom. The number of amides is 2. The van der Waals surface area contributed by atoms with Crippen molar-refractivity contribution >= 4 is 29.3 Å². The number of aromatic nitrogens is 1. The molecule has 0 aliphatic carbocycles. The molecule has 0 radical (unpaired) electrons. The fourth-order valence-corrected chi connectivity index (χ4v) is 2.96. The van der Waals surface area contributed by atoms with Gasteiger partial charge in [0.2, 0.25) is 11.8 Å². The first-order valence-corrected chi connectivity index (χ1v) is 8.79. The average Bonchev–Trinajstić information content (AvgIpc) is 3.06. The summed E-state index contributed by atoms with van der Waals surface area (Å²) in [6.07, 6.45) is 1.75. The lowest BCUT2D eigenvalue weighted by atomic mass is 10.1. The maximum absolute atomic E-state index is 12.5. The van der Waals surface area contributed by atoms with Gasteiger partial charge in [0.15, 0.2) is 0 Å². The minimum absolute atomic E-state index is 0.128. The van der Waals surface area contributed by atoms with Crippen molar-refractivity contribution < 1.29 is 19.1 Å². The molecule has 1 aliphatic rings. The molecule has 0 bridgehead atoms. The van der Waals surface area contributed by atoms with Gasteiger partial charge in [-0.15, -0.1) is 0 Å². The molecule has 2 aromatic rings. The minimum Gasteiger partial charge on any atom is -0.462 e. The predicted molar refractivity (Wildman–Crippen MR) is 100 cm³/mol. The van der Waals surface area contributed by atoms with Crippen LogP contribution in [-0.2, 0) is 14.3 Å². The molecule has 27 heavy (non-hydrogen) atoms. The maximum atomic E-state index is 12.5. The van der Waals surface area contributed by atoms with Crippen LogP contribution in [0.15, 0.2) is 42.6 Å². The summed E-state index contributed by atoms with van der Waals surface area (Å²) in [5, 5.41) is 2.79. The number of nitrogens with one attached hydrogen (secondary N) is 1. The lowest BCUT2D eigenvalue weighted by Crippen LogP contribution is -2.28. The van der Waals surface area contributed by atoms with E-state index in [1.165, 1.54) is 0 Å². The van der Waals surface area contributed by atoms with E-state index in [4.69, 9.17) is 4.74 Å². The van der Waals surface area contributed by atoms with Gasteiger partial charge in [0.1, 0.15) is 5.82 Å². The average molecular weight is 367 g/mol. The second-order valence-electron chi connectivity index (χ2n) is 6.33. The van der Waals surface area contributed by atoms with Crippen LogP contribution in [-0.4, -0.2) is 35.9 Å². The minimum atomic E-state index is -0.455. The van der Waals surface area contributed by atoms with Crippen LogP contribution >= 0.6 is 0 Å². The van der Waals surface area contributed by atoms with Crippen molar-refractivity contribution in [1.82, 2.24) is 4.98 Å². The number of carbonyl (C=O) groups excluding carboxylic acids is 3. The normalized spacial score (nSPS) is 16.3. The number of hydrogen-bond donors (Lipinski definition) is 1. The van der Waals surface area contributed by atoms with Crippen LogP contribution in [0.25, 0.3) is 0 Å². The monoisotopic (exact) mass is 367 g/mol. The molecule has 2 heterocycles. The zero-order valence-electron chi connectivity index (χ0n) is 15.3. The number of ether oxygens (including phenoxy) is 1. The van der Waals surface area contributed by atoms with Gasteiger partial charge in [0, 0.05) is 24.8 Å². The molecular weight excluding hydrogens is 346 g/mol. The summed E-state index contributed by atoms with van der Waals surface area (Å²) in [7, 11) is 0. The summed E-state index contributed by atoms with van der Waals surface area (Å²) in [6, 6.07) is 10.3. The van der Waals surface area contributed by atoms with Crippen LogP contribution in [0.4, 0.5) is 11.5 Å². The third-order valence-corrected chi connectivity index (χ3v) is 4.44. The summed E-state index contributed by atoms with van der Waals surface area (Å²) in [5.74, 6) is -0.705. The Kier molecular flexibility index (Phi) is 5.49. The summed E-state index contributed by atoms with van der Waals surface area (Å²) in [5.41, 5.74) is 1.94. The zero-order valence-corrected chi connectivity index (χ0v) is 15.3. The van der Waals surface area contributed by atoms with E-state index < -0.39 is 11.9 Å². The maximum Gasteiger partial charge on any atom is 0.338 e. The van der Waals surface area contributed by atoms with E-state index in [9.17, 15) is 14.4 Å². The molecule has 0 spiro atoms. The van der Waals surface area contributed by atoms with E-state index in [1.807, 2.05) is 13.0 Å². The Labute approximate surface area is 157 Å². The quantitative estimate of drug-likeness (QED) is 0.821. The van der Waals surface area contributed by atoms with E-state index in [0.29, 0.717) is 23.7 Å². The molecule has 1 aromatic carbocycles. The van der Waals surface area contributed by atoms with Gasteiger partial charge >= 0.3 is 5.97 Å². The fraction of sp³-hybridized carbons (Fsp3) is 0.300. The Hall–Kier alpha value is -3.22. The number of esters is 1. The van der Waals surface area contributed by atoms with E-state index >= 15 is 0 Å². The molecule has 7 heteroatoms. The number of nitrogens with zero attached hydrogens (tertiary/aromatic N) is 2. The number of benzene rings is 1. The molecule has 1 aliphatic heterocycles. The van der Waals surface area contributed by atoms with Crippen molar-refractivity contribution in [2.45, 2.75) is 20.3 Å². The Morgan fingerprint density at radius 1 is 1.26 bits per heavy atom. The molecule has 140 valence electrons. The highest BCUT2D eigenvalue weighted by Gasteiger charge is 2.35. The molecule has 1 atom stereocenters. The van der Waals surface area contributed by atoms with E-state index in [0.717, 1.165) is 5.56 Å². The summed E-state index contributed by atoms with van der Waals surface area (Å²) in [6.45, 7) is 4.19. The first-order chi connectivity index (χ1) is 13.0. The van der Waals surface area contributed by atoms with Gasteiger partial charge in [0.05, 0.1) is 18.1 Å². The van der Waals surface area contributed by atoms with Crippen LogP contribution < -0.4 is 10.2 Å². The number of rotatable bonds is 5. The van der Waals surface area contributed by atoms with Crippen LogP contribution in [0.1, 0.15) is 29.3 Å².